The van der Waals surface area contributed by atoms with Crippen molar-refractivity contribution in [1.29, 1.82) is 0 Å². The molecule has 0 radical (unpaired) electrons. The molecule has 0 spiro atoms. The van der Waals surface area contributed by atoms with Gasteiger partial charge in [-0.15, -0.1) is 0 Å². The van der Waals surface area contributed by atoms with Crippen LogP contribution in [0.3, 0.4) is 0 Å². The molecule has 0 bridgehead atoms. The van der Waals surface area contributed by atoms with Gasteiger partial charge in [0.1, 0.15) is 11.5 Å². The second kappa shape index (κ2) is 9.80. The number of nitrogens with two attached hydrogens (primary N) is 1. The molecule has 3 aromatic carbocycles. The van der Waals surface area contributed by atoms with Gasteiger partial charge in [-0.05, 0) is 66.1 Å². The lowest BCUT2D eigenvalue weighted by atomic mass is 9.97. The average Bonchev–Trinajstić information content (AvgIpc) is 2.77. The number of methoxy groups -OCH3 is 1. The van der Waals surface area contributed by atoms with Gasteiger partial charge >= 0.3 is 0 Å². The number of hydrogen-bond acceptors (Lipinski definition) is 5. The van der Waals surface area contributed by atoms with Crippen LogP contribution in [0.5, 0.6) is 11.5 Å². The van der Waals surface area contributed by atoms with Crippen molar-refractivity contribution in [2.45, 2.75) is 24.2 Å². The minimum absolute atomic E-state index is 0.0360. The Labute approximate surface area is 182 Å². The smallest absolute Gasteiger partial charge is 0.238 e. The van der Waals surface area contributed by atoms with Gasteiger partial charge in [-0.3, -0.25) is 4.79 Å². The molecule has 0 aliphatic rings. The molecule has 0 aliphatic carbocycles. The lowest BCUT2D eigenvalue weighted by molar-refractivity contribution is -0.122. The van der Waals surface area contributed by atoms with Crippen LogP contribution >= 0.6 is 0 Å². The predicted molar refractivity (Wildman–Crippen MR) is 120 cm³/mol. The van der Waals surface area contributed by atoms with Crippen LogP contribution in [0.4, 0.5) is 0 Å². The molecular formula is C23H26N2O5S. The average molecular weight is 443 g/mol. The number of rotatable bonds is 9. The first-order chi connectivity index (χ1) is 14.8. The van der Waals surface area contributed by atoms with Crippen LogP contribution in [-0.2, 0) is 14.8 Å². The Kier molecular flexibility index (Phi) is 7.14. The van der Waals surface area contributed by atoms with Gasteiger partial charge in [0.25, 0.3) is 0 Å². The van der Waals surface area contributed by atoms with Crippen molar-refractivity contribution in [2.24, 2.45) is 5.14 Å². The zero-order chi connectivity index (χ0) is 22.4. The molecule has 3 aromatic rings. The summed E-state index contributed by atoms with van der Waals surface area (Å²) in [5.74, 6) is 1.01. The van der Waals surface area contributed by atoms with Crippen LogP contribution in [0.2, 0.25) is 0 Å². The van der Waals surface area contributed by atoms with Crippen LogP contribution < -0.4 is 19.9 Å². The molecule has 1 unspecified atom stereocenters. The molecule has 0 fully saturated rings. The second-order valence-corrected chi connectivity index (χ2v) is 8.77. The maximum atomic E-state index is 12.5. The number of sulfonamides is 1. The molecule has 0 heterocycles. The van der Waals surface area contributed by atoms with Gasteiger partial charge in [0, 0.05) is 6.54 Å². The summed E-state index contributed by atoms with van der Waals surface area (Å²) in [6, 6.07) is 17.7. The van der Waals surface area contributed by atoms with Crippen molar-refractivity contribution in [2.75, 3.05) is 20.3 Å². The zero-order valence-electron chi connectivity index (χ0n) is 17.5. The topological polar surface area (TPSA) is 108 Å². The highest BCUT2D eigenvalue weighted by molar-refractivity contribution is 7.89. The number of nitrogens with one attached hydrogen (secondary N) is 1. The molecule has 1 atom stereocenters. The number of carbonyl (C=O) groups excluding carboxylic acids is 1. The molecule has 0 saturated heterocycles. The molecule has 3 rings (SSSR count). The molecule has 7 nitrogen and oxygen atoms in total. The van der Waals surface area contributed by atoms with Gasteiger partial charge in [0.15, 0.2) is 0 Å². The Bertz CT molecular complexity index is 1160. The molecule has 164 valence electrons. The normalized spacial score (nSPS) is 12.4. The van der Waals surface area contributed by atoms with Gasteiger partial charge in [-0.2, -0.15) is 0 Å². The van der Waals surface area contributed by atoms with Gasteiger partial charge in [0.05, 0.1) is 24.5 Å². The fourth-order valence-electron chi connectivity index (χ4n) is 3.14. The predicted octanol–water partition coefficient (Wildman–Crippen LogP) is 3.18. The third kappa shape index (κ3) is 5.96. The third-order valence-corrected chi connectivity index (χ3v) is 5.94. The number of primary sulfonamides is 1. The number of ether oxygens (including phenoxy) is 2. The summed E-state index contributed by atoms with van der Waals surface area (Å²) >= 11 is 0. The van der Waals surface area contributed by atoms with Gasteiger partial charge in [-0.1, -0.05) is 24.3 Å². The summed E-state index contributed by atoms with van der Waals surface area (Å²) in [5, 5.41) is 10.1. The van der Waals surface area contributed by atoms with E-state index in [1.54, 1.807) is 19.2 Å². The van der Waals surface area contributed by atoms with E-state index in [-0.39, 0.29) is 16.7 Å². The fraction of sp³-hybridized carbons (Fsp3) is 0.261. The third-order valence-electron chi connectivity index (χ3n) is 5.01. The summed E-state index contributed by atoms with van der Waals surface area (Å²) in [5.41, 5.74) is 0.946. The molecule has 31 heavy (non-hydrogen) atoms. The van der Waals surface area contributed by atoms with E-state index < -0.39 is 10.0 Å². The lowest BCUT2D eigenvalue weighted by Crippen LogP contribution is -2.29. The molecule has 3 N–H and O–H groups in total. The second-order valence-electron chi connectivity index (χ2n) is 7.20. The Morgan fingerprint density at radius 1 is 1.00 bits per heavy atom. The van der Waals surface area contributed by atoms with E-state index in [0.717, 1.165) is 22.1 Å². The molecule has 1 amide bonds. The highest BCUT2D eigenvalue weighted by Crippen LogP contribution is 2.25. The van der Waals surface area contributed by atoms with Gasteiger partial charge in [-0.25, -0.2) is 13.6 Å². The first-order valence-electron chi connectivity index (χ1n) is 9.89. The van der Waals surface area contributed by atoms with Crippen LogP contribution in [0.15, 0.2) is 65.6 Å². The Morgan fingerprint density at radius 3 is 2.32 bits per heavy atom. The summed E-state index contributed by atoms with van der Waals surface area (Å²) in [7, 11) is -2.08. The maximum absolute atomic E-state index is 12.5. The fourth-order valence-corrected chi connectivity index (χ4v) is 3.66. The van der Waals surface area contributed by atoms with Crippen LogP contribution in [0, 0.1) is 0 Å². The lowest BCUT2D eigenvalue weighted by Gasteiger charge is -2.14. The van der Waals surface area contributed by atoms with E-state index in [2.05, 4.69) is 5.32 Å². The standard InChI is InChI=1S/C23H26N2O5S/c1-16(17-4-5-19-15-21(29-2)7-6-18(19)14-17)23(26)25-12-3-13-30-20-8-10-22(11-9-20)31(24,27)28/h4-11,14-16H,3,12-13H2,1-2H3,(H,25,26)(H2,24,27,28). The largest absolute Gasteiger partial charge is 0.497 e. The number of carbonyl (C=O) groups is 1. The van der Waals surface area contributed by atoms with Crippen molar-refractivity contribution < 1.29 is 22.7 Å². The van der Waals surface area contributed by atoms with Crippen LogP contribution in [-0.4, -0.2) is 34.6 Å². The quantitative estimate of drug-likeness (QED) is 0.495. The van der Waals surface area contributed by atoms with E-state index in [1.165, 1.54) is 12.1 Å². The Morgan fingerprint density at radius 2 is 1.65 bits per heavy atom. The SMILES string of the molecule is COc1ccc2cc(C(C)C(=O)NCCCOc3ccc(S(N)(=O)=O)cc3)ccc2c1. The monoisotopic (exact) mass is 442 g/mol. The van der Waals surface area contributed by atoms with E-state index >= 15 is 0 Å². The molecular weight excluding hydrogens is 416 g/mol. The Balaban J connectivity index is 1.46. The van der Waals surface area contributed by atoms with Crippen LogP contribution in [0.1, 0.15) is 24.8 Å². The highest BCUT2D eigenvalue weighted by Gasteiger charge is 2.15. The molecule has 0 aliphatic heterocycles. The minimum Gasteiger partial charge on any atom is -0.497 e. The maximum Gasteiger partial charge on any atom is 0.238 e. The minimum atomic E-state index is -3.71. The van der Waals surface area contributed by atoms with Crippen molar-refractivity contribution in [3.05, 3.63) is 66.2 Å². The van der Waals surface area contributed by atoms with E-state index in [0.29, 0.717) is 25.3 Å². The van der Waals surface area contributed by atoms with Crippen molar-refractivity contribution >= 4 is 26.7 Å². The summed E-state index contributed by atoms with van der Waals surface area (Å²) in [6.07, 6.45) is 0.618. The van der Waals surface area contributed by atoms with E-state index in [9.17, 15) is 13.2 Å². The first kappa shape index (κ1) is 22.6. The first-order valence-corrected chi connectivity index (χ1v) is 11.4. The molecule has 8 heteroatoms. The number of benzene rings is 3. The van der Waals surface area contributed by atoms with Crippen molar-refractivity contribution in [3.8, 4) is 11.5 Å². The number of hydrogen-bond donors (Lipinski definition) is 2. The summed E-state index contributed by atoms with van der Waals surface area (Å²) in [6.45, 7) is 2.74. The zero-order valence-corrected chi connectivity index (χ0v) is 18.3. The van der Waals surface area contributed by atoms with Crippen molar-refractivity contribution in [3.63, 3.8) is 0 Å². The van der Waals surface area contributed by atoms with Crippen LogP contribution in [0.25, 0.3) is 10.8 Å². The highest BCUT2D eigenvalue weighted by atomic mass is 32.2. The molecule has 0 saturated carbocycles. The summed E-state index contributed by atoms with van der Waals surface area (Å²) < 4.78 is 33.3. The van der Waals surface area contributed by atoms with Crippen molar-refractivity contribution in [1.82, 2.24) is 5.32 Å². The number of fused-ring (bicyclic) bond motifs is 1. The Hall–Kier alpha value is -3.10. The van der Waals surface area contributed by atoms with E-state index in [1.807, 2.05) is 43.3 Å². The van der Waals surface area contributed by atoms with Gasteiger partial charge < -0.3 is 14.8 Å². The van der Waals surface area contributed by atoms with E-state index in [4.69, 9.17) is 14.6 Å². The number of amides is 1. The van der Waals surface area contributed by atoms with Gasteiger partial charge in [0.2, 0.25) is 15.9 Å². The molecule has 0 aromatic heterocycles. The summed E-state index contributed by atoms with van der Waals surface area (Å²) in [4.78, 5) is 12.5.